The third kappa shape index (κ3) is 21.8. The summed E-state index contributed by atoms with van der Waals surface area (Å²) in [5.41, 5.74) is 0. The molecule has 30 atom stereocenters. The topological polar surface area (TPSA) is 635 Å². The van der Waals surface area contributed by atoms with E-state index in [9.17, 15) is 121 Å². The lowest BCUT2D eigenvalue weighted by Gasteiger charge is -2.46. The Labute approximate surface area is 542 Å². The highest BCUT2D eigenvalue weighted by Gasteiger charge is 2.55. The minimum Gasteiger partial charge on any atom is -0.394 e. The zero-order valence-electron chi connectivity index (χ0n) is 51.7. The molecule has 0 aliphatic carbocycles. The van der Waals surface area contributed by atoms with Crippen LogP contribution in [0.2, 0.25) is 0 Å². The molecule has 6 heterocycles. The third-order valence-electron chi connectivity index (χ3n) is 16.4. The maximum Gasteiger partial charge on any atom is 0.234 e. The average molecular weight is 1390 g/mol. The van der Waals surface area contributed by atoms with Crippen molar-refractivity contribution in [3.63, 3.8) is 0 Å². The van der Waals surface area contributed by atoms with Crippen molar-refractivity contribution in [2.45, 2.75) is 217 Å². The molecule has 0 aromatic heterocycles. The summed E-state index contributed by atoms with van der Waals surface area (Å²) in [6.45, 7) is -6.19. The van der Waals surface area contributed by atoms with Crippen LogP contribution in [-0.2, 0) is 76.0 Å². The maximum atomic E-state index is 13.5. The Hall–Kier alpha value is -3.44. The molecule has 6 fully saturated rings. The summed E-state index contributed by atoms with van der Waals surface area (Å²) in [5, 5.41) is 220. The molecule has 552 valence electrons. The van der Waals surface area contributed by atoms with E-state index in [-0.39, 0.29) is 32.0 Å². The molecule has 0 bridgehead atoms. The SMILES string of the molecule is CCNC(=O)CCCCCNC(=O)CN(CC(=O)NCCO[C@@H]1O[C@H](CO[C@H]2O[C@H](CO)[C@@H](O)[C@H](O)[C@@H]2O)[C@@H](O)[C@H](O[C@H]2O[C@H](CO)[C@@H](O)[C@H](O)[C@@H]2O)[C@H]1O)CC(=O)NCCO[C@@H]1O[C@H](CO[C@H]2O[C@H](CO)[C@@H](O)[C@H](O)[C@@H]2O)[C@@H](O)[C@H](O[C@H]2O[C@H](CO)[C@@H](O)[C@H](O)[C@@H]2O)[C@H]1O. The second-order valence-electron chi connectivity index (χ2n) is 23.4. The summed E-state index contributed by atoms with van der Waals surface area (Å²) in [6, 6.07) is 0. The van der Waals surface area contributed by atoms with E-state index in [2.05, 4.69) is 21.3 Å². The second-order valence-corrected chi connectivity index (χ2v) is 23.4. The first-order chi connectivity index (χ1) is 45.2. The molecule has 0 aromatic rings. The van der Waals surface area contributed by atoms with Crippen molar-refractivity contribution < 1.29 is 178 Å². The Kier molecular flexibility index (Phi) is 33.0. The molecule has 6 rings (SSSR count). The van der Waals surface area contributed by atoms with Gasteiger partial charge in [0.25, 0.3) is 0 Å². The van der Waals surface area contributed by atoms with E-state index in [4.69, 9.17) is 56.8 Å². The van der Waals surface area contributed by atoms with Gasteiger partial charge in [-0.1, -0.05) is 6.42 Å². The number of ether oxygens (including phenoxy) is 12. The van der Waals surface area contributed by atoms with Gasteiger partial charge in [-0.15, -0.1) is 0 Å². The number of rotatable bonds is 35. The fourth-order valence-corrected chi connectivity index (χ4v) is 10.9. The smallest absolute Gasteiger partial charge is 0.234 e. The molecule has 0 spiro atoms. The average Bonchev–Trinajstić information content (AvgIpc) is 0.978. The van der Waals surface area contributed by atoms with Crippen LogP contribution < -0.4 is 21.3 Å². The van der Waals surface area contributed by atoms with E-state index < -0.39 is 274 Å². The van der Waals surface area contributed by atoms with Gasteiger partial charge in [-0.05, 0) is 19.8 Å². The number of carbonyl (C=O) groups is 4. The summed E-state index contributed by atoms with van der Waals surface area (Å²) < 4.78 is 67.1. The molecule has 41 nitrogen and oxygen atoms in total. The summed E-state index contributed by atoms with van der Waals surface area (Å²) >= 11 is 0. The lowest BCUT2D eigenvalue weighted by atomic mass is 9.96. The van der Waals surface area contributed by atoms with Crippen molar-refractivity contribution in [1.29, 1.82) is 0 Å². The Balaban J connectivity index is 1.08. The quantitative estimate of drug-likeness (QED) is 0.0262. The number of hydrogen-bond acceptors (Lipinski definition) is 37. The highest BCUT2D eigenvalue weighted by molar-refractivity contribution is 5.84. The molecular weight excluding hydrogens is 1290 g/mol. The Morgan fingerprint density at radius 1 is 0.337 bits per heavy atom. The first-order valence-corrected chi connectivity index (χ1v) is 31.0. The lowest BCUT2D eigenvalue weighted by molar-refractivity contribution is -0.366. The molecule has 4 amide bonds. The number of nitrogens with zero attached hydrogens (tertiary/aromatic N) is 1. The molecule has 6 aliphatic rings. The highest BCUT2D eigenvalue weighted by Crippen LogP contribution is 2.34. The van der Waals surface area contributed by atoms with Crippen molar-refractivity contribution in [3.8, 4) is 0 Å². The van der Waals surface area contributed by atoms with Crippen LogP contribution in [0.3, 0.4) is 0 Å². The minimum absolute atomic E-state index is 0.137. The molecule has 95 heavy (non-hydrogen) atoms. The fraction of sp³-hybridized carbons (Fsp3) is 0.926. The van der Waals surface area contributed by atoms with Gasteiger partial charge in [-0.25, -0.2) is 0 Å². The van der Waals surface area contributed by atoms with Gasteiger partial charge in [-0.3, -0.25) is 24.1 Å². The van der Waals surface area contributed by atoms with Gasteiger partial charge in [0, 0.05) is 32.6 Å². The first-order valence-electron chi connectivity index (χ1n) is 31.0. The van der Waals surface area contributed by atoms with Crippen LogP contribution in [0.4, 0.5) is 0 Å². The van der Waals surface area contributed by atoms with Gasteiger partial charge >= 0.3 is 0 Å². The third-order valence-corrected chi connectivity index (χ3v) is 16.4. The van der Waals surface area contributed by atoms with Crippen LogP contribution in [0.15, 0.2) is 0 Å². The predicted molar refractivity (Wildman–Crippen MR) is 303 cm³/mol. The number of aliphatic hydroxyl groups excluding tert-OH is 20. The highest BCUT2D eigenvalue weighted by atomic mass is 16.8. The minimum atomic E-state index is -2.03. The summed E-state index contributed by atoms with van der Waals surface area (Å²) in [6.07, 6.45) is -52.7. The molecular formula is C54H95N5O36. The molecule has 6 saturated heterocycles. The molecule has 0 radical (unpaired) electrons. The van der Waals surface area contributed by atoms with Crippen molar-refractivity contribution in [1.82, 2.24) is 26.2 Å². The predicted octanol–water partition coefficient (Wildman–Crippen LogP) is -15.7. The van der Waals surface area contributed by atoms with Gasteiger partial charge in [-0.2, -0.15) is 0 Å². The Morgan fingerprint density at radius 2 is 0.653 bits per heavy atom. The van der Waals surface area contributed by atoms with Crippen LogP contribution >= 0.6 is 0 Å². The molecule has 6 aliphatic heterocycles. The number of carbonyl (C=O) groups excluding carboxylic acids is 4. The van der Waals surface area contributed by atoms with Gasteiger partial charge in [0.05, 0.1) is 72.5 Å². The summed E-state index contributed by atoms with van der Waals surface area (Å²) in [4.78, 5) is 53.3. The molecule has 0 unspecified atom stereocenters. The zero-order chi connectivity index (χ0) is 70.0. The second kappa shape index (κ2) is 39.0. The number of unbranched alkanes of at least 4 members (excludes halogenated alkanes) is 2. The van der Waals surface area contributed by atoms with Crippen LogP contribution in [-0.4, -0.2) is 414 Å². The van der Waals surface area contributed by atoms with Gasteiger partial charge in [0.2, 0.25) is 23.6 Å². The van der Waals surface area contributed by atoms with E-state index in [1.165, 1.54) is 0 Å². The van der Waals surface area contributed by atoms with Crippen molar-refractivity contribution >= 4 is 23.6 Å². The summed E-state index contributed by atoms with van der Waals surface area (Å²) in [7, 11) is 0. The van der Waals surface area contributed by atoms with Crippen molar-refractivity contribution in [2.75, 3.05) is 98.7 Å². The molecule has 0 aromatic carbocycles. The van der Waals surface area contributed by atoms with Crippen LogP contribution in [0.25, 0.3) is 0 Å². The number of hydrogen-bond donors (Lipinski definition) is 24. The molecule has 24 N–H and O–H groups in total. The van der Waals surface area contributed by atoms with Gasteiger partial charge in [0.15, 0.2) is 37.7 Å². The van der Waals surface area contributed by atoms with E-state index in [1.807, 2.05) is 0 Å². The van der Waals surface area contributed by atoms with Gasteiger partial charge in [0.1, 0.15) is 146 Å². The Morgan fingerprint density at radius 3 is 1.00 bits per heavy atom. The number of nitrogens with one attached hydrogen (secondary N) is 4. The van der Waals surface area contributed by atoms with Crippen molar-refractivity contribution in [3.05, 3.63) is 0 Å². The molecule has 41 heteroatoms. The van der Waals surface area contributed by atoms with Crippen LogP contribution in [0, 0.1) is 0 Å². The lowest BCUT2D eigenvalue weighted by Crippen LogP contribution is -2.65. The van der Waals surface area contributed by atoms with Crippen molar-refractivity contribution in [2.24, 2.45) is 0 Å². The standard InChI is InChI=1S/C54H95N5O36/c1-2-55-27(64)6-4-3-5-7-56-28(65)12-59(13-29(66)57-8-10-84-51-45(82)47(94-53-43(80)39(76)33(70)23(17-62)90-53)35(72)25(92-51)19-86-49-41(78)37(74)31(68)21(15-60)88-49)14-30(67)58-9-11-85-52-46(83)48(95-54-44(81)40(77)34(71)24(18-63)91-54)36(73)26(93-52)20-87-50-42(79)38(75)32(69)22(16-61)89-50/h21-26,31-54,60-63,68-83H,2-20H2,1H3,(H,55,64)(H,56,65)(H,57,66)(H,58,67)/t21-,22-,23-,24-,25-,26-,31-,32-,33-,34-,35-,36-,37+,38+,39+,40+,41+,42+,43+,44+,45-,46-,47+,48+,49+,50+,51-,52-,53-,54-/m1/s1. The summed E-state index contributed by atoms with van der Waals surface area (Å²) in [5.74, 6) is -2.39. The van der Waals surface area contributed by atoms with E-state index >= 15 is 0 Å². The first kappa shape index (κ1) is 80.5. The Bertz CT molecular complexity index is 2170. The van der Waals surface area contributed by atoms with Crippen LogP contribution in [0.5, 0.6) is 0 Å². The van der Waals surface area contributed by atoms with Gasteiger partial charge < -0.3 is 180 Å². The van der Waals surface area contributed by atoms with E-state index in [0.717, 1.165) is 4.90 Å². The van der Waals surface area contributed by atoms with E-state index in [1.54, 1.807) is 6.92 Å². The normalized spacial score (nSPS) is 40.9. The number of amides is 4. The largest absolute Gasteiger partial charge is 0.394 e. The number of aliphatic hydroxyl groups is 20. The monoisotopic (exact) mass is 1390 g/mol. The molecule has 0 saturated carbocycles. The van der Waals surface area contributed by atoms with E-state index in [0.29, 0.717) is 25.8 Å². The maximum absolute atomic E-state index is 13.5. The zero-order valence-corrected chi connectivity index (χ0v) is 51.7. The fourth-order valence-electron chi connectivity index (χ4n) is 10.9. The van der Waals surface area contributed by atoms with Crippen LogP contribution in [0.1, 0.15) is 32.6 Å².